The lowest BCUT2D eigenvalue weighted by Crippen LogP contribution is -2.35. The molecule has 1 aromatic rings. The number of likely N-dealkylation sites (N-methyl/N-ethyl adjacent to an activating group) is 1. The number of carboxylic acids is 1. The van der Waals surface area contributed by atoms with E-state index >= 15 is 0 Å². The van der Waals surface area contributed by atoms with Gasteiger partial charge in [-0.2, -0.15) is 0 Å². The van der Waals surface area contributed by atoms with Gasteiger partial charge in [-0.3, -0.25) is 14.4 Å². The summed E-state index contributed by atoms with van der Waals surface area (Å²) in [7, 11) is 1.43. The van der Waals surface area contributed by atoms with Gasteiger partial charge in [-0.15, -0.1) is 0 Å². The molecule has 1 aromatic carbocycles. The molecule has 0 aromatic heterocycles. The van der Waals surface area contributed by atoms with E-state index in [2.05, 4.69) is 5.32 Å². The van der Waals surface area contributed by atoms with Crippen molar-refractivity contribution in [3.8, 4) is 0 Å². The Morgan fingerprint density at radius 3 is 2.43 bits per heavy atom. The number of halogens is 2. The molecule has 0 aliphatic carbocycles. The van der Waals surface area contributed by atoms with Crippen LogP contribution in [0.2, 0.25) is 10.0 Å². The summed E-state index contributed by atoms with van der Waals surface area (Å²) in [5.74, 6) is -1.89. The van der Waals surface area contributed by atoms with Crippen LogP contribution in [0.15, 0.2) is 18.2 Å². The second kappa shape index (κ2) is 7.85. The Labute approximate surface area is 131 Å². The summed E-state index contributed by atoms with van der Waals surface area (Å²) in [5.41, 5.74) is 0.459. The van der Waals surface area contributed by atoms with Gasteiger partial charge in [0.05, 0.1) is 23.0 Å². The average Bonchev–Trinajstić information content (AvgIpc) is 2.40. The third kappa shape index (κ3) is 6.01. The second-order valence-electron chi connectivity index (χ2n) is 4.32. The maximum Gasteiger partial charge on any atom is 0.303 e. The first-order chi connectivity index (χ1) is 9.79. The summed E-state index contributed by atoms with van der Waals surface area (Å²) in [6.07, 6.45) is -0.413. The maximum atomic E-state index is 11.8. The zero-order valence-electron chi connectivity index (χ0n) is 11.2. The van der Waals surface area contributed by atoms with Crippen LogP contribution in [-0.2, 0) is 14.4 Å². The lowest BCUT2D eigenvalue weighted by molar-refractivity contribution is -0.140. The number of nitrogens with one attached hydrogen (secondary N) is 1. The van der Waals surface area contributed by atoms with Crippen LogP contribution in [0.4, 0.5) is 5.69 Å². The predicted octanol–water partition coefficient (Wildman–Crippen LogP) is 2.26. The Morgan fingerprint density at radius 1 is 1.19 bits per heavy atom. The van der Waals surface area contributed by atoms with Crippen molar-refractivity contribution in [1.29, 1.82) is 0 Å². The van der Waals surface area contributed by atoms with E-state index in [0.717, 1.165) is 4.90 Å². The van der Waals surface area contributed by atoms with Crippen molar-refractivity contribution in [2.45, 2.75) is 12.8 Å². The molecule has 0 fully saturated rings. The van der Waals surface area contributed by atoms with Gasteiger partial charge >= 0.3 is 5.97 Å². The molecule has 0 saturated carbocycles. The normalized spacial score (nSPS) is 10.0. The smallest absolute Gasteiger partial charge is 0.303 e. The molecule has 2 amide bonds. The second-order valence-corrected chi connectivity index (χ2v) is 5.14. The number of aliphatic carboxylic acids is 1. The standard InChI is InChI=1S/C13H14Cl2N2O4/c1-17(12(19)4-5-13(20)21)7-11(18)16-8-2-3-9(14)10(15)6-8/h2-3,6H,4-5,7H2,1H3,(H,16,18)(H,20,21). The van der Waals surface area contributed by atoms with E-state index in [1.165, 1.54) is 13.1 Å². The molecule has 1 rings (SSSR count). The average molecular weight is 333 g/mol. The summed E-state index contributed by atoms with van der Waals surface area (Å²) < 4.78 is 0. The van der Waals surface area contributed by atoms with Crippen LogP contribution < -0.4 is 5.32 Å². The molecule has 0 spiro atoms. The van der Waals surface area contributed by atoms with E-state index < -0.39 is 17.8 Å². The van der Waals surface area contributed by atoms with Gasteiger partial charge in [0.15, 0.2) is 0 Å². The van der Waals surface area contributed by atoms with E-state index in [1.807, 2.05) is 0 Å². The molecule has 0 atom stereocenters. The highest BCUT2D eigenvalue weighted by molar-refractivity contribution is 6.42. The van der Waals surface area contributed by atoms with Gasteiger partial charge in [-0.05, 0) is 18.2 Å². The van der Waals surface area contributed by atoms with E-state index in [9.17, 15) is 14.4 Å². The lowest BCUT2D eigenvalue weighted by Gasteiger charge is -2.16. The van der Waals surface area contributed by atoms with Crippen molar-refractivity contribution in [3.05, 3.63) is 28.2 Å². The number of hydrogen-bond donors (Lipinski definition) is 2. The zero-order chi connectivity index (χ0) is 16.0. The van der Waals surface area contributed by atoms with E-state index in [4.69, 9.17) is 28.3 Å². The molecule has 0 unspecified atom stereocenters. The highest BCUT2D eigenvalue weighted by Gasteiger charge is 2.14. The van der Waals surface area contributed by atoms with Gasteiger partial charge in [0.1, 0.15) is 0 Å². The summed E-state index contributed by atoms with van der Waals surface area (Å²) in [6.45, 7) is -0.182. The number of carboxylic acid groups (broad SMARTS) is 1. The van der Waals surface area contributed by atoms with Crippen LogP contribution in [-0.4, -0.2) is 41.4 Å². The van der Waals surface area contributed by atoms with Gasteiger partial charge in [0.25, 0.3) is 0 Å². The minimum atomic E-state index is -1.06. The van der Waals surface area contributed by atoms with E-state index in [0.29, 0.717) is 15.7 Å². The van der Waals surface area contributed by atoms with Crippen LogP contribution >= 0.6 is 23.2 Å². The first kappa shape index (κ1) is 17.3. The first-order valence-electron chi connectivity index (χ1n) is 6.00. The van der Waals surface area contributed by atoms with Gasteiger partial charge in [-0.25, -0.2) is 0 Å². The molecule has 6 nitrogen and oxygen atoms in total. The third-order valence-corrected chi connectivity index (χ3v) is 3.30. The number of carbonyl (C=O) groups is 3. The third-order valence-electron chi connectivity index (χ3n) is 2.56. The van der Waals surface area contributed by atoms with Crippen LogP contribution in [0, 0.1) is 0 Å². The van der Waals surface area contributed by atoms with Crippen LogP contribution in [0.25, 0.3) is 0 Å². The molecule has 0 saturated heterocycles. The number of amides is 2. The summed E-state index contributed by atoms with van der Waals surface area (Å²) in [5, 5.41) is 11.7. The maximum absolute atomic E-state index is 11.8. The van der Waals surface area contributed by atoms with Crippen molar-refractivity contribution in [1.82, 2.24) is 4.90 Å². The SMILES string of the molecule is CN(CC(=O)Nc1ccc(Cl)c(Cl)c1)C(=O)CCC(=O)O. The molecule has 0 heterocycles. The summed E-state index contributed by atoms with van der Waals surface area (Å²) in [4.78, 5) is 34.9. The van der Waals surface area contributed by atoms with Crippen LogP contribution in [0.5, 0.6) is 0 Å². The van der Waals surface area contributed by atoms with Gasteiger partial charge < -0.3 is 15.3 Å². The Balaban J connectivity index is 2.50. The van der Waals surface area contributed by atoms with Crippen LogP contribution in [0.3, 0.4) is 0 Å². The monoisotopic (exact) mass is 332 g/mol. The van der Waals surface area contributed by atoms with Crippen LogP contribution in [0.1, 0.15) is 12.8 Å². The number of benzene rings is 1. The van der Waals surface area contributed by atoms with E-state index in [-0.39, 0.29) is 19.4 Å². The van der Waals surface area contributed by atoms with Crippen molar-refractivity contribution in [2.24, 2.45) is 0 Å². The number of nitrogens with zero attached hydrogens (tertiary/aromatic N) is 1. The molecule has 8 heteroatoms. The predicted molar refractivity (Wildman–Crippen MR) is 79.6 cm³/mol. The van der Waals surface area contributed by atoms with Crippen molar-refractivity contribution in [2.75, 3.05) is 18.9 Å². The Hall–Kier alpha value is -1.79. The molecule has 2 N–H and O–H groups in total. The topological polar surface area (TPSA) is 86.7 Å². The Bertz CT molecular complexity index is 563. The minimum Gasteiger partial charge on any atom is -0.481 e. The Kier molecular flexibility index (Phi) is 6.45. The molecule has 21 heavy (non-hydrogen) atoms. The van der Waals surface area contributed by atoms with Gasteiger partial charge in [0.2, 0.25) is 11.8 Å². The largest absolute Gasteiger partial charge is 0.481 e. The van der Waals surface area contributed by atoms with E-state index in [1.54, 1.807) is 12.1 Å². The van der Waals surface area contributed by atoms with Crippen molar-refractivity contribution < 1.29 is 19.5 Å². The fourth-order valence-electron chi connectivity index (χ4n) is 1.48. The molecule has 0 aliphatic heterocycles. The number of carbonyl (C=O) groups excluding carboxylic acids is 2. The first-order valence-corrected chi connectivity index (χ1v) is 6.76. The molecular formula is C13H14Cl2N2O4. The van der Waals surface area contributed by atoms with Crippen molar-refractivity contribution in [3.63, 3.8) is 0 Å². The fraction of sp³-hybridized carbons (Fsp3) is 0.308. The fourth-order valence-corrected chi connectivity index (χ4v) is 1.78. The number of rotatable bonds is 6. The number of anilines is 1. The molecular weight excluding hydrogens is 319 g/mol. The summed E-state index contributed by atoms with van der Waals surface area (Å²) in [6, 6.07) is 4.62. The molecule has 0 radical (unpaired) electrons. The quantitative estimate of drug-likeness (QED) is 0.836. The van der Waals surface area contributed by atoms with Gasteiger partial charge in [0, 0.05) is 19.2 Å². The van der Waals surface area contributed by atoms with Gasteiger partial charge in [-0.1, -0.05) is 23.2 Å². The molecule has 0 aliphatic rings. The van der Waals surface area contributed by atoms with Crippen molar-refractivity contribution >= 4 is 46.7 Å². The zero-order valence-corrected chi connectivity index (χ0v) is 12.7. The number of hydrogen-bond acceptors (Lipinski definition) is 3. The lowest BCUT2D eigenvalue weighted by atomic mass is 10.3. The minimum absolute atomic E-state index is 0.147. The molecule has 114 valence electrons. The highest BCUT2D eigenvalue weighted by atomic mass is 35.5. The summed E-state index contributed by atoms with van der Waals surface area (Å²) >= 11 is 11.6. The molecule has 0 bridgehead atoms. The Morgan fingerprint density at radius 2 is 1.86 bits per heavy atom. The highest BCUT2D eigenvalue weighted by Crippen LogP contribution is 2.24.